The smallest absolute Gasteiger partial charge is 0.261 e. The zero-order valence-electron chi connectivity index (χ0n) is 22.5. The lowest BCUT2D eigenvalue weighted by atomic mass is 10.0. The van der Waals surface area contributed by atoms with E-state index >= 15 is 0 Å². The maximum Gasteiger partial charge on any atom is 0.261 e. The standard InChI is InChI=1S/C31H36N4O4S/c36-29(26-6-3-18-32-20-26)21-33-19-17-24-7-12-27(13-8-24)35-40(37,38)28-14-10-25(11-15-28)30-22-34-31(39-30)16-9-23-4-1-2-5-23/h3,6-8,10-15,18,20,22-23,29,33,35-36H,1-2,4-5,9,16-17,19,21H2. The average molecular weight is 561 g/mol. The normalized spacial score (nSPS) is 14.8. The van der Waals surface area contributed by atoms with Gasteiger partial charge in [0.1, 0.15) is 0 Å². The summed E-state index contributed by atoms with van der Waals surface area (Å²) < 4.78 is 34.5. The van der Waals surface area contributed by atoms with Crippen LogP contribution in [0, 0.1) is 5.92 Å². The fourth-order valence-corrected chi connectivity index (χ4v) is 6.16. The van der Waals surface area contributed by atoms with Crippen molar-refractivity contribution in [2.45, 2.75) is 55.9 Å². The Morgan fingerprint density at radius 3 is 2.48 bits per heavy atom. The number of pyridine rings is 1. The molecule has 0 saturated heterocycles. The molecule has 4 aromatic rings. The minimum atomic E-state index is -3.74. The molecule has 2 heterocycles. The van der Waals surface area contributed by atoms with Crippen molar-refractivity contribution < 1.29 is 17.9 Å². The van der Waals surface area contributed by atoms with Gasteiger partial charge in [0.25, 0.3) is 10.0 Å². The van der Waals surface area contributed by atoms with Gasteiger partial charge in [-0.25, -0.2) is 13.4 Å². The molecular weight excluding hydrogens is 524 g/mol. The molecule has 8 nitrogen and oxygen atoms in total. The quantitative estimate of drug-likeness (QED) is 0.184. The summed E-state index contributed by atoms with van der Waals surface area (Å²) in [5.74, 6) is 2.17. The minimum absolute atomic E-state index is 0.178. The van der Waals surface area contributed by atoms with Gasteiger partial charge in [0.05, 0.1) is 17.2 Å². The SMILES string of the molecule is O=S(=O)(Nc1ccc(CCNCC(O)c2cccnc2)cc1)c1ccc(-c2cnc(CCC3CCCC3)o2)cc1. The van der Waals surface area contributed by atoms with Crippen LogP contribution < -0.4 is 10.0 Å². The molecule has 3 N–H and O–H groups in total. The number of hydrogen-bond acceptors (Lipinski definition) is 7. The Balaban J connectivity index is 1.10. The number of sulfonamides is 1. The van der Waals surface area contributed by atoms with Crippen molar-refractivity contribution in [3.05, 3.63) is 96.3 Å². The first-order valence-electron chi connectivity index (χ1n) is 13.9. The molecule has 40 heavy (non-hydrogen) atoms. The van der Waals surface area contributed by atoms with Gasteiger partial charge in [-0.3, -0.25) is 9.71 Å². The molecule has 5 rings (SSSR count). The first-order valence-corrected chi connectivity index (χ1v) is 15.4. The summed E-state index contributed by atoms with van der Waals surface area (Å²) in [5.41, 5.74) is 3.13. The van der Waals surface area contributed by atoms with Gasteiger partial charge >= 0.3 is 0 Å². The Bertz CT molecular complexity index is 1450. The first-order chi connectivity index (χ1) is 19.5. The van der Waals surface area contributed by atoms with Crippen molar-refractivity contribution in [2.75, 3.05) is 17.8 Å². The van der Waals surface area contributed by atoms with Crippen LogP contribution in [-0.2, 0) is 22.9 Å². The second-order valence-corrected chi connectivity index (χ2v) is 12.1. The van der Waals surface area contributed by atoms with E-state index in [-0.39, 0.29) is 4.90 Å². The molecule has 1 atom stereocenters. The van der Waals surface area contributed by atoms with Crippen molar-refractivity contribution in [1.82, 2.24) is 15.3 Å². The average Bonchev–Trinajstić information content (AvgIpc) is 3.68. The predicted molar refractivity (Wildman–Crippen MR) is 155 cm³/mol. The first kappa shape index (κ1) is 28.0. The molecule has 1 aliphatic rings. The van der Waals surface area contributed by atoms with Crippen LogP contribution in [0.25, 0.3) is 11.3 Å². The highest BCUT2D eigenvalue weighted by atomic mass is 32.2. The van der Waals surface area contributed by atoms with Gasteiger partial charge in [-0.15, -0.1) is 0 Å². The number of aliphatic hydroxyl groups is 1. The number of nitrogens with zero attached hydrogens (tertiary/aromatic N) is 2. The van der Waals surface area contributed by atoms with Crippen molar-refractivity contribution in [1.29, 1.82) is 0 Å². The number of oxazole rings is 1. The van der Waals surface area contributed by atoms with Gasteiger partial charge in [-0.1, -0.05) is 43.9 Å². The molecule has 1 saturated carbocycles. The summed E-state index contributed by atoms with van der Waals surface area (Å²) in [7, 11) is -3.74. The van der Waals surface area contributed by atoms with E-state index in [4.69, 9.17) is 4.42 Å². The van der Waals surface area contributed by atoms with E-state index in [1.165, 1.54) is 25.7 Å². The summed E-state index contributed by atoms with van der Waals surface area (Å²) in [6.07, 6.45) is 12.4. The lowest BCUT2D eigenvalue weighted by Crippen LogP contribution is -2.23. The van der Waals surface area contributed by atoms with E-state index in [2.05, 4.69) is 20.0 Å². The van der Waals surface area contributed by atoms with Crippen LogP contribution in [0.2, 0.25) is 0 Å². The second-order valence-electron chi connectivity index (χ2n) is 10.4. The molecule has 2 aromatic heterocycles. The number of aliphatic hydroxyl groups excluding tert-OH is 1. The Kier molecular flexibility index (Phi) is 9.26. The molecular formula is C31H36N4O4S. The summed E-state index contributed by atoms with van der Waals surface area (Å²) in [6, 6.07) is 17.6. The highest BCUT2D eigenvalue weighted by Crippen LogP contribution is 2.29. The minimum Gasteiger partial charge on any atom is -0.441 e. The van der Waals surface area contributed by atoms with Crippen LogP contribution in [0.4, 0.5) is 5.69 Å². The van der Waals surface area contributed by atoms with Crippen LogP contribution in [0.15, 0.2) is 88.6 Å². The molecule has 2 aromatic carbocycles. The largest absolute Gasteiger partial charge is 0.441 e. The van der Waals surface area contributed by atoms with E-state index in [1.807, 2.05) is 18.2 Å². The maximum absolute atomic E-state index is 13.0. The number of aryl methyl sites for hydroxylation is 1. The number of nitrogens with one attached hydrogen (secondary N) is 2. The van der Waals surface area contributed by atoms with E-state index in [1.54, 1.807) is 61.1 Å². The van der Waals surface area contributed by atoms with Crippen LogP contribution in [0.3, 0.4) is 0 Å². The third-order valence-corrected chi connectivity index (χ3v) is 8.84. The van der Waals surface area contributed by atoms with Crippen molar-refractivity contribution >= 4 is 15.7 Å². The molecule has 0 aliphatic heterocycles. The Morgan fingerprint density at radius 2 is 1.75 bits per heavy atom. The Labute approximate surface area is 235 Å². The fourth-order valence-electron chi connectivity index (χ4n) is 5.10. The summed E-state index contributed by atoms with van der Waals surface area (Å²) in [5, 5.41) is 13.5. The van der Waals surface area contributed by atoms with Gasteiger partial charge in [0, 0.05) is 42.2 Å². The molecule has 0 spiro atoms. The molecule has 1 unspecified atom stereocenters. The fraction of sp³-hybridized carbons (Fsp3) is 0.355. The summed E-state index contributed by atoms with van der Waals surface area (Å²) >= 11 is 0. The zero-order chi connectivity index (χ0) is 27.8. The summed E-state index contributed by atoms with van der Waals surface area (Å²) in [6.45, 7) is 1.11. The van der Waals surface area contributed by atoms with Gasteiger partial charge in [-0.05, 0) is 73.3 Å². The topological polar surface area (TPSA) is 117 Å². The number of anilines is 1. The van der Waals surface area contributed by atoms with Crippen LogP contribution >= 0.6 is 0 Å². The van der Waals surface area contributed by atoms with Gasteiger partial charge in [0.2, 0.25) is 0 Å². The van der Waals surface area contributed by atoms with E-state index in [9.17, 15) is 13.5 Å². The van der Waals surface area contributed by atoms with Crippen LogP contribution in [0.1, 0.15) is 55.2 Å². The third kappa shape index (κ3) is 7.56. The molecule has 9 heteroatoms. The summed E-state index contributed by atoms with van der Waals surface area (Å²) in [4.78, 5) is 8.62. The van der Waals surface area contributed by atoms with E-state index < -0.39 is 16.1 Å². The number of aromatic nitrogens is 2. The Hall–Kier alpha value is -3.53. The van der Waals surface area contributed by atoms with Gasteiger partial charge in [0.15, 0.2) is 11.7 Å². The number of benzene rings is 2. The van der Waals surface area contributed by atoms with Crippen molar-refractivity contribution in [2.24, 2.45) is 5.92 Å². The number of rotatable bonds is 13. The molecule has 0 bridgehead atoms. The Morgan fingerprint density at radius 1 is 0.975 bits per heavy atom. The molecule has 1 fully saturated rings. The number of hydrogen-bond donors (Lipinski definition) is 3. The monoisotopic (exact) mass is 560 g/mol. The van der Waals surface area contributed by atoms with Gasteiger partial charge < -0.3 is 14.8 Å². The zero-order valence-corrected chi connectivity index (χ0v) is 23.3. The van der Waals surface area contributed by atoms with E-state index in [0.717, 1.165) is 47.8 Å². The molecule has 0 amide bonds. The lowest BCUT2D eigenvalue weighted by Gasteiger charge is -2.12. The third-order valence-electron chi connectivity index (χ3n) is 7.45. The molecule has 210 valence electrons. The maximum atomic E-state index is 13.0. The van der Waals surface area contributed by atoms with Gasteiger partial charge in [-0.2, -0.15) is 0 Å². The predicted octanol–water partition coefficient (Wildman–Crippen LogP) is 5.53. The highest BCUT2D eigenvalue weighted by Gasteiger charge is 2.17. The molecule has 0 radical (unpaired) electrons. The van der Waals surface area contributed by atoms with Crippen molar-refractivity contribution in [3.8, 4) is 11.3 Å². The van der Waals surface area contributed by atoms with Crippen LogP contribution in [0.5, 0.6) is 0 Å². The molecule has 1 aliphatic carbocycles. The second kappa shape index (κ2) is 13.2. The lowest BCUT2D eigenvalue weighted by molar-refractivity contribution is 0.174. The van der Waals surface area contributed by atoms with Crippen LogP contribution in [-0.4, -0.2) is 36.6 Å². The highest BCUT2D eigenvalue weighted by molar-refractivity contribution is 7.92. The van der Waals surface area contributed by atoms with Crippen molar-refractivity contribution in [3.63, 3.8) is 0 Å². The van der Waals surface area contributed by atoms with E-state index in [0.29, 0.717) is 24.5 Å².